The van der Waals surface area contributed by atoms with Crippen LogP contribution < -0.4 is 11.3 Å². The summed E-state index contributed by atoms with van der Waals surface area (Å²) < 4.78 is 5.65. The molecule has 0 radical (unpaired) electrons. The molecule has 2 aromatic rings. The van der Waals surface area contributed by atoms with Crippen LogP contribution >= 0.6 is 23.1 Å². The van der Waals surface area contributed by atoms with Gasteiger partial charge in [-0.05, 0) is 25.4 Å². The summed E-state index contributed by atoms with van der Waals surface area (Å²) in [7, 11) is 0. The van der Waals surface area contributed by atoms with Gasteiger partial charge in [0.05, 0.1) is 22.6 Å². The molecule has 2 rings (SSSR count). The fraction of sp³-hybridized carbons (Fsp3) is 0.444. The highest BCUT2D eigenvalue weighted by Gasteiger charge is 2.24. The summed E-state index contributed by atoms with van der Waals surface area (Å²) in [5.41, 5.74) is 4.24. The van der Waals surface area contributed by atoms with Crippen LogP contribution in [0, 0.1) is 0 Å². The second-order valence-electron chi connectivity index (χ2n) is 3.85. The van der Waals surface area contributed by atoms with E-state index in [-0.39, 0.29) is 12.1 Å². The van der Waals surface area contributed by atoms with Crippen molar-refractivity contribution in [2.24, 2.45) is 5.84 Å². The third-order valence-corrected chi connectivity index (χ3v) is 3.20. The lowest BCUT2D eigenvalue weighted by atomic mass is 10.1. The van der Waals surface area contributed by atoms with Gasteiger partial charge in [-0.25, -0.2) is 5.43 Å². The van der Waals surface area contributed by atoms with Gasteiger partial charge >= 0.3 is 0 Å². The number of hydrazine groups is 1. The molecule has 0 amide bonds. The van der Waals surface area contributed by atoms with Crippen molar-refractivity contribution >= 4 is 23.1 Å². The molecule has 3 N–H and O–H groups in total. The van der Waals surface area contributed by atoms with Crippen LogP contribution in [0.3, 0.4) is 0 Å². The van der Waals surface area contributed by atoms with Crippen molar-refractivity contribution in [2.75, 3.05) is 0 Å². The molecule has 0 spiro atoms. The minimum absolute atomic E-state index is 0.194. The van der Waals surface area contributed by atoms with E-state index in [9.17, 15) is 0 Å². The number of rotatable bonds is 4. The van der Waals surface area contributed by atoms with Gasteiger partial charge in [-0.1, -0.05) is 16.1 Å². The summed E-state index contributed by atoms with van der Waals surface area (Å²) in [4.78, 5) is 0. The van der Waals surface area contributed by atoms with Crippen molar-refractivity contribution in [1.29, 1.82) is 0 Å². The fourth-order valence-corrected chi connectivity index (χ4v) is 2.35. The van der Waals surface area contributed by atoms with E-state index in [1.54, 1.807) is 6.20 Å². The van der Waals surface area contributed by atoms with E-state index in [4.69, 9.17) is 17.4 Å². The molecule has 0 saturated carbocycles. The van der Waals surface area contributed by atoms with Crippen molar-refractivity contribution in [3.8, 4) is 0 Å². The van der Waals surface area contributed by atoms with E-state index < -0.39 is 0 Å². The molecular formula is C9H13ClN6S. The van der Waals surface area contributed by atoms with Gasteiger partial charge in [0, 0.05) is 11.4 Å². The fourth-order valence-electron chi connectivity index (χ4n) is 1.63. The summed E-state index contributed by atoms with van der Waals surface area (Å²) >= 11 is 7.43. The van der Waals surface area contributed by atoms with Gasteiger partial charge in [0.25, 0.3) is 0 Å². The molecule has 0 aromatic carbocycles. The number of hydrogen-bond acceptors (Lipinski definition) is 6. The van der Waals surface area contributed by atoms with Crippen LogP contribution in [0.5, 0.6) is 0 Å². The Kier molecular flexibility index (Phi) is 3.72. The van der Waals surface area contributed by atoms with Gasteiger partial charge in [0.15, 0.2) is 0 Å². The quantitative estimate of drug-likeness (QED) is 0.651. The molecule has 17 heavy (non-hydrogen) atoms. The largest absolute Gasteiger partial charge is 0.270 e. The Hall–Kier alpha value is -1.02. The Morgan fingerprint density at radius 1 is 1.53 bits per heavy atom. The van der Waals surface area contributed by atoms with E-state index >= 15 is 0 Å². The molecular weight excluding hydrogens is 260 g/mol. The lowest BCUT2D eigenvalue weighted by Gasteiger charge is -2.18. The van der Waals surface area contributed by atoms with Gasteiger partial charge in [-0.2, -0.15) is 5.10 Å². The molecule has 92 valence electrons. The third-order valence-electron chi connectivity index (χ3n) is 2.39. The molecule has 0 saturated heterocycles. The summed E-state index contributed by atoms with van der Waals surface area (Å²) in [6, 6.07) is -0.105. The Labute approximate surface area is 108 Å². The van der Waals surface area contributed by atoms with Crippen molar-refractivity contribution in [2.45, 2.75) is 25.9 Å². The zero-order valence-electron chi connectivity index (χ0n) is 9.46. The predicted molar refractivity (Wildman–Crippen MR) is 66.7 cm³/mol. The first-order valence-electron chi connectivity index (χ1n) is 5.11. The van der Waals surface area contributed by atoms with E-state index in [0.29, 0.717) is 5.02 Å². The van der Waals surface area contributed by atoms with Crippen molar-refractivity contribution < 1.29 is 0 Å². The molecule has 0 fully saturated rings. The highest BCUT2D eigenvalue weighted by molar-refractivity contribution is 7.03. The van der Waals surface area contributed by atoms with Crippen molar-refractivity contribution in [3.63, 3.8) is 0 Å². The minimum atomic E-state index is -0.300. The first kappa shape index (κ1) is 12.4. The van der Waals surface area contributed by atoms with Gasteiger partial charge < -0.3 is 0 Å². The van der Waals surface area contributed by atoms with E-state index in [0.717, 1.165) is 11.4 Å². The van der Waals surface area contributed by atoms with Crippen LogP contribution in [-0.2, 0) is 0 Å². The topological polar surface area (TPSA) is 81.7 Å². The smallest absolute Gasteiger partial charge is 0.109 e. The summed E-state index contributed by atoms with van der Waals surface area (Å²) in [5.74, 6) is 5.58. The molecule has 0 aliphatic rings. The monoisotopic (exact) mass is 272 g/mol. The molecule has 0 bridgehead atoms. The maximum Gasteiger partial charge on any atom is 0.109 e. The second-order valence-corrected chi connectivity index (χ2v) is 4.86. The summed E-state index contributed by atoms with van der Waals surface area (Å²) in [5, 5.41) is 10.6. The number of nitrogens with two attached hydrogens (primary N) is 1. The maximum absolute atomic E-state index is 6.16. The second kappa shape index (κ2) is 5.09. The standard InChI is InChI=1S/C9H13ClN6S/c1-5(2)16-9(6(10)3-12-16)8(13-11)7-4-17-15-14-7/h3-5,8,13H,11H2,1-2H3. The lowest BCUT2D eigenvalue weighted by molar-refractivity contribution is 0.472. The SMILES string of the molecule is CC(C)n1ncc(Cl)c1C(NN)c1csnn1. The van der Waals surface area contributed by atoms with Gasteiger partial charge in [-0.15, -0.1) is 5.10 Å². The molecule has 0 aliphatic heterocycles. The number of hydrogen-bond donors (Lipinski definition) is 2. The Bertz CT molecular complexity index is 480. The first-order valence-corrected chi connectivity index (χ1v) is 6.32. The Morgan fingerprint density at radius 3 is 2.82 bits per heavy atom. The van der Waals surface area contributed by atoms with Crippen molar-refractivity contribution in [3.05, 3.63) is 28.0 Å². The molecule has 1 unspecified atom stereocenters. The zero-order valence-corrected chi connectivity index (χ0v) is 11.0. The van der Waals surface area contributed by atoms with Crippen LogP contribution in [0.25, 0.3) is 0 Å². The summed E-state index contributed by atoms with van der Waals surface area (Å²) in [6.07, 6.45) is 1.61. The first-order chi connectivity index (χ1) is 8.15. The number of nitrogens with zero attached hydrogens (tertiary/aromatic N) is 4. The predicted octanol–water partition coefficient (Wildman–Crippen LogP) is 1.52. The molecule has 0 aliphatic carbocycles. The maximum atomic E-state index is 6.16. The molecule has 1 atom stereocenters. The van der Waals surface area contributed by atoms with Crippen LogP contribution in [0.4, 0.5) is 0 Å². The summed E-state index contributed by atoms with van der Waals surface area (Å²) in [6.45, 7) is 4.05. The van der Waals surface area contributed by atoms with Crippen LogP contribution in [0.2, 0.25) is 5.02 Å². The molecule has 8 heteroatoms. The number of aromatic nitrogens is 4. The Morgan fingerprint density at radius 2 is 2.29 bits per heavy atom. The highest BCUT2D eigenvalue weighted by atomic mass is 35.5. The normalized spacial score (nSPS) is 13.2. The average Bonchev–Trinajstić information content (AvgIpc) is 2.91. The minimum Gasteiger partial charge on any atom is -0.270 e. The van der Waals surface area contributed by atoms with E-state index in [2.05, 4.69) is 20.1 Å². The molecule has 2 aromatic heterocycles. The lowest BCUT2D eigenvalue weighted by Crippen LogP contribution is -2.31. The Balaban J connectivity index is 2.47. The highest BCUT2D eigenvalue weighted by Crippen LogP contribution is 2.28. The van der Waals surface area contributed by atoms with Crippen LogP contribution in [0.1, 0.15) is 37.3 Å². The van der Waals surface area contributed by atoms with Crippen molar-refractivity contribution in [1.82, 2.24) is 24.8 Å². The van der Waals surface area contributed by atoms with Gasteiger partial charge in [0.1, 0.15) is 6.04 Å². The van der Waals surface area contributed by atoms with E-state index in [1.807, 2.05) is 23.9 Å². The van der Waals surface area contributed by atoms with Crippen LogP contribution in [-0.4, -0.2) is 19.4 Å². The number of halogens is 1. The average molecular weight is 273 g/mol. The van der Waals surface area contributed by atoms with Crippen LogP contribution in [0.15, 0.2) is 11.6 Å². The number of nitrogens with one attached hydrogen (secondary N) is 1. The van der Waals surface area contributed by atoms with Gasteiger partial charge in [-0.3, -0.25) is 10.5 Å². The molecule has 2 heterocycles. The van der Waals surface area contributed by atoms with Gasteiger partial charge in [0.2, 0.25) is 0 Å². The molecule has 6 nitrogen and oxygen atoms in total. The van der Waals surface area contributed by atoms with E-state index in [1.165, 1.54) is 11.5 Å². The third kappa shape index (κ3) is 2.32. The zero-order chi connectivity index (χ0) is 12.4.